The molecule has 4 N–H and O–H groups in total. The summed E-state index contributed by atoms with van der Waals surface area (Å²) in [5, 5.41) is 5.69. The largest absolute Gasteiger partial charge is 0.405 e. The third-order valence-corrected chi connectivity index (χ3v) is 7.61. The quantitative estimate of drug-likeness (QED) is 0.248. The molecule has 2 aromatic rings. The highest BCUT2D eigenvalue weighted by molar-refractivity contribution is 7.90. The van der Waals surface area contributed by atoms with E-state index in [9.17, 15) is 53.5 Å². The maximum Gasteiger partial charge on any atom is 0.405 e. The van der Waals surface area contributed by atoms with Crippen LogP contribution in [0.5, 0.6) is 0 Å². The first-order valence-electron chi connectivity index (χ1n) is 12.5. The van der Waals surface area contributed by atoms with E-state index < -0.39 is 75.0 Å². The standard InChI is InChI=1S/C25H25F7N4O5S/c26-18-16(19(27)21(29)17(20(18)28)23(38)34-12-25(30,31)32)22(37)33-11-10-13-6-8-15(9-7-13)42(40,41)36-24(39)35-14-4-2-1-3-5-14/h6-9,14H,1-5,10-12H2,(H,33,37)(H,34,38)(H2,35,36,39). The molecule has 0 spiro atoms. The number of nitrogens with one attached hydrogen (secondary N) is 4. The Labute approximate surface area is 235 Å². The molecule has 1 fully saturated rings. The van der Waals surface area contributed by atoms with Crippen LogP contribution in [0.15, 0.2) is 29.2 Å². The molecule has 4 amide bonds. The molecule has 9 nitrogen and oxygen atoms in total. The second-order valence-corrected chi connectivity index (χ2v) is 11.0. The summed E-state index contributed by atoms with van der Waals surface area (Å²) in [4.78, 5) is 35.8. The van der Waals surface area contributed by atoms with Crippen molar-refractivity contribution in [3.63, 3.8) is 0 Å². The number of rotatable bonds is 9. The van der Waals surface area contributed by atoms with E-state index in [0.29, 0.717) is 5.56 Å². The summed E-state index contributed by atoms with van der Waals surface area (Å²) in [6.07, 6.45) is -0.634. The Bertz CT molecular complexity index is 1420. The van der Waals surface area contributed by atoms with Crippen molar-refractivity contribution >= 4 is 27.9 Å². The van der Waals surface area contributed by atoms with Gasteiger partial charge in [-0.2, -0.15) is 13.2 Å². The van der Waals surface area contributed by atoms with Gasteiger partial charge in [0.2, 0.25) is 0 Å². The van der Waals surface area contributed by atoms with Gasteiger partial charge in [0.1, 0.15) is 17.7 Å². The number of halogens is 7. The number of alkyl halides is 3. The van der Waals surface area contributed by atoms with Crippen molar-refractivity contribution in [2.75, 3.05) is 13.1 Å². The topological polar surface area (TPSA) is 133 Å². The number of hydrogen-bond acceptors (Lipinski definition) is 5. The molecule has 2 aromatic carbocycles. The van der Waals surface area contributed by atoms with Crippen molar-refractivity contribution in [1.82, 2.24) is 20.7 Å². The molecule has 17 heteroatoms. The molecule has 0 atom stereocenters. The zero-order valence-electron chi connectivity index (χ0n) is 21.6. The minimum Gasteiger partial charge on any atom is -0.352 e. The lowest BCUT2D eigenvalue weighted by Gasteiger charge is -2.22. The smallest absolute Gasteiger partial charge is 0.352 e. The monoisotopic (exact) mass is 626 g/mol. The molecule has 0 unspecified atom stereocenters. The summed E-state index contributed by atoms with van der Waals surface area (Å²) in [6.45, 7) is -2.39. The van der Waals surface area contributed by atoms with Gasteiger partial charge >= 0.3 is 12.2 Å². The zero-order chi connectivity index (χ0) is 31.2. The summed E-state index contributed by atoms with van der Waals surface area (Å²) < 4.78 is 121. The fraction of sp³-hybridized carbons (Fsp3) is 0.400. The summed E-state index contributed by atoms with van der Waals surface area (Å²) in [7, 11) is -4.21. The Balaban J connectivity index is 1.60. The average Bonchev–Trinajstić information content (AvgIpc) is 2.91. The first-order valence-corrected chi connectivity index (χ1v) is 14.0. The summed E-state index contributed by atoms with van der Waals surface area (Å²) in [6, 6.07) is 4.00. The molecule has 1 saturated carbocycles. The Kier molecular flexibility index (Phi) is 10.4. The van der Waals surface area contributed by atoms with Crippen LogP contribution in [0.25, 0.3) is 0 Å². The number of hydrogen-bond donors (Lipinski definition) is 4. The number of urea groups is 1. The van der Waals surface area contributed by atoms with Gasteiger partial charge < -0.3 is 16.0 Å². The zero-order valence-corrected chi connectivity index (χ0v) is 22.5. The Morgan fingerprint density at radius 2 is 1.29 bits per heavy atom. The van der Waals surface area contributed by atoms with Crippen LogP contribution in [0.3, 0.4) is 0 Å². The van der Waals surface area contributed by atoms with Crippen molar-refractivity contribution in [3.05, 3.63) is 64.2 Å². The lowest BCUT2D eigenvalue weighted by atomic mass is 9.96. The van der Waals surface area contributed by atoms with E-state index in [1.54, 1.807) is 0 Å². The van der Waals surface area contributed by atoms with Crippen LogP contribution in [-0.2, 0) is 16.4 Å². The van der Waals surface area contributed by atoms with Crippen LogP contribution in [0.4, 0.5) is 35.5 Å². The molecule has 230 valence electrons. The highest BCUT2D eigenvalue weighted by Gasteiger charge is 2.34. The molecular weight excluding hydrogens is 601 g/mol. The number of amides is 4. The molecule has 0 aromatic heterocycles. The lowest BCUT2D eigenvalue weighted by Crippen LogP contribution is -2.45. The molecule has 0 aliphatic heterocycles. The first kappa shape index (κ1) is 32.6. The number of carbonyl (C=O) groups excluding carboxylic acids is 3. The molecule has 1 aliphatic carbocycles. The molecule has 1 aliphatic rings. The fourth-order valence-electron chi connectivity index (χ4n) is 4.19. The van der Waals surface area contributed by atoms with Crippen LogP contribution in [0.2, 0.25) is 0 Å². The van der Waals surface area contributed by atoms with E-state index in [4.69, 9.17) is 0 Å². The van der Waals surface area contributed by atoms with Gasteiger partial charge in [-0.05, 0) is 37.0 Å². The Hall–Kier alpha value is -3.89. The van der Waals surface area contributed by atoms with E-state index in [2.05, 4.69) is 5.32 Å². The van der Waals surface area contributed by atoms with E-state index in [1.165, 1.54) is 24.3 Å². The predicted octanol–water partition coefficient (Wildman–Crippen LogP) is 3.83. The van der Waals surface area contributed by atoms with Gasteiger partial charge in [0, 0.05) is 12.6 Å². The summed E-state index contributed by atoms with van der Waals surface area (Å²) >= 11 is 0. The van der Waals surface area contributed by atoms with Crippen LogP contribution in [0, 0.1) is 23.3 Å². The van der Waals surface area contributed by atoms with Crippen molar-refractivity contribution in [3.8, 4) is 0 Å². The summed E-state index contributed by atoms with van der Waals surface area (Å²) in [5.41, 5.74) is -3.30. The van der Waals surface area contributed by atoms with Gasteiger partial charge in [-0.3, -0.25) is 9.59 Å². The number of benzene rings is 2. The first-order chi connectivity index (χ1) is 19.6. The molecule has 42 heavy (non-hydrogen) atoms. The SMILES string of the molecule is O=C(NC1CCCCC1)NS(=O)(=O)c1ccc(CCNC(=O)c2c(F)c(F)c(C(=O)NCC(F)(F)F)c(F)c2F)cc1. The molecule has 0 radical (unpaired) electrons. The lowest BCUT2D eigenvalue weighted by molar-refractivity contribution is -0.123. The minimum absolute atomic E-state index is 0.0478. The fourth-order valence-corrected chi connectivity index (χ4v) is 5.10. The Morgan fingerprint density at radius 3 is 1.79 bits per heavy atom. The maximum absolute atomic E-state index is 14.4. The molecular formula is C25H25F7N4O5S. The van der Waals surface area contributed by atoms with Gasteiger partial charge in [-0.25, -0.2) is 35.5 Å². The van der Waals surface area contributed by atoms with E-state index in [1.807, 2.05) is 10.0 Å². The predicted molar refractivity (Wildman–Crippen MR) is 133 cm³/mol. The highest BCUT2D eigenvalue weighted by atomic mass is 32.2. The van der Waals surface area contributed by atoms with E-state index in [-0.39, 0.29) is 23.9 Å². The van der Waals surface area contributed by atoms with Crippen molar-refractivity contribution in [2.24, 2.45) is 0 Å². The van der Waals surface area contributed by atoms with Gasteiger partial charge in [0.15, 0.2) is 23.3 Å². The molecule has 3 rings (SSSR count). The van der Waals surface area contributed by atoms with Crippen LogP contribution < -0.4 is 20.7 Å². The van der Waals surface area contributed by atoms with Gasteiger partial charge in [-0.15, -0.1) is 0 Å². The molecule has 0 bridgehead atoms. The van der Waals surface area contributed by atoms with E-state index >= 15 is 0 Å². The Morgan fingerprint density at radius 1 is 0.786 bits per heavy atom. The third kappa shape index (κ3) is 8.33. The highest BCUT2D eigenvalue weighted by Crippen LogP contribution is 2.25. The third-order valence-electron chi connectivity index (χ3n) is 6.27. The van der Waals surface area contributed by atoms with E-state index in [0.717, 1.165) is 37.4 Å². The van der Waals surface area contributed by atoms with Crippen LogP contribution in [0.1, 0.15) is 58.4 Å². The van der Waals surface area contributed by atoms with Crippen molar-refractivity contribution in [1.29, 1.82) is 0 Å². The second-order valence-electron chi connectivity index (χ2n) is 9.37. The van der Waals surface area contributed by atoms with Gasteiger partial charge in [0.05, 0.1) is 4.90 Å². The summed E-state index contributed by atoms with van der Waals surface area (Å²) in [5.74, 6) is -13.0. The van der Waals surface area contributed by atoms with Crippen LogP contribution >= 0.6 is 0 Å². The normalized spacial score (nSPS) is 14.3. The minimum atomic E-state index is -4.98. The van der Waals surface area contributed by atoms with Gasteiger partial charge in [-0.1, -0.05) is 31.4 Å². The van der Waals surface area contributed by atoms with Crippen molar-refractivity contribution < 1.29 is 53.5 Å². The van der Waals surface area contributed by atoms with Crippen LogP contribution in [-0.4, -0.2) is 51.6 Å². The molecule has 0 heterocycles. The number of carbonyl (C=O) groups is 3. The number of sulfonamides is 1. The second kappa shape index (κ2) is 13.4. The van der Waals surface area contributed by atoms with Crippen molar-refractivity contribution in [2.45, 2.75) is 55.6 Å². The van der Waals surface area contributed by atoms with Gasteiger partial charge in [0.25, 0.3) is 21.8 Å². The average molecular weight is 627 g/mol. The molecule has 0 saturated heterocycles. The maximum atomic E-state index is 14.4.